The summed E-state index contributed by atoms with van der Waals surface area (Å²) < 4.78 is 5.48. The lowest BCUT2D eigenvalue weighted by Gasteiger charge is -2.22. The van der Waals surface area contributed by atoms with Crippen molar-refractivity contribution in [2.24, 2.45) is 0 Å². The molecule has 0 saturated heterocycles. The average Bonchev–Trinajstić information content (AvgIpc) is 3.42. The van der Waals surface area contributed by atoms with E-state index in [1.165, 1.54) is 289 Å². The third-order valence-electron chi connectivity index (χ3n) is 15.9. The standard InChI is InChI=1S/C70H133NO5/c1-3-5-7-9-11-13-15-17-19-20-32-35-38-42-46-50-54-58-62-68(73)67(66-72)71-69(74)63-59-55-51-47-43-39-36-33-30-28-26-24-22-21-23-25-27-29-31-34-37-41-45-49-53-57-61-65-76-70(75)64-60-56-52-48-44-40-18-16-14-12-10-8-6-4-2/h10,12,16,18,21-22,67-68,72-73H,3-9,11,13-15,17,19-20,23-66H2,1-2H3,(H,71,74)/b12-10-,18-16-,22-21-. The van der Waals surface area contributed by atoms with Crippen LogP contribution in [0.3, 0.4) is 0 Å². The van der Waals surface area contributed by atoms with Gasteiger partial charge < -0.3 is 20.3 Å². The quantitative estimate of drug-likeness (QED) is 0.0320. The van der Waals surface area contributed by atoms with Gasteiger partial charge in [0, 0.05) is 12.8 Å². The van der Waals surface area contributed by atoms with Crippen LogP contribution in [-0.2, 0) is 14.3 Å². The zero-order valence-electron chi connectivity index (χ0n) is 51.3. The number of ether oxygens (including phenoxy) is 1. The van der Waals surface area contributed by atoms with Gasteiger partial charge in [-0.1, -0.05) is 320 Å². The van der Waals surface area contributed by atoms with Gasteiger partial charge in [-0.05, 0) is 77.0 Å². The Kier molecular flexibility index (Phi) is 63.9. The van der Waals surface area contributed by atoms with E-state index in [1.54, 1.807) is 0 Å². The summed E-state index contributed by atoms with van der Waals surface area (Å²) >= 11 is 0. The molecular weight excluding hydrogens is 935 g/mol. The molecule has 448 valence electrons. The van der Waals surface area contributed by atoms with Crippen molar-refractivity contribution in [2.45, 2.75) is 386 Å². The van der Waals surface area contributed by atoms with Crippen molar-refractivity contribution < 1.29 is 24.5 Å². The molecule has 1 amide bonds. The molecule has 0 aliphatic heterocycles. The summed E-state index contributed by atoms with van der Waals surface area (Å²) in [5, 5.41) is 23.4. The number of esters is 1. The number of allylic oxidation sites excluding steroid dienone is 6. The van der Waals surface area contributed by atoms with Crippen LogP contribution in [-0.4, -0.2) is 47.4 Å². The van der Waals surface area contributed by atoms with E-state index in [0.717, 1.165) is 51.4 Å². The molecular formula is C70H133NO5. The molecule has 0 fully saturated rings. The lowest BCUT2D eigenvalue weighted by atomic mass is 10.0. The highest BCUT2D eigenvalue weighted by Gasteiger charge is 2.20. The zero-order chi connectivity index (χ0) is 55.0. The molecule has 0 aromatic heterocycles. The predicted octanol–water partition coefficient (Wildman–Crippen LogP) is 21.9. The molecule has 0 spiro atoms. The Labute approximate surface area is 474 Å². The number of carbonyl (C=O) groups is 2. The van der Waals surface area contributed by atoms with Gasteiger partial charge in [-0.2, -0.15) is 0 Å². The van der Waals surface area contributed by atoms with Gasteiger partial charge >= 0.3 is 5.97 Å². The fourth-order valence-corrected chi connectivity index (χ4v) is 10.7. The fourth-order valence-electron chi connectivity index (χ4n) is 10.7. The van der Waals surface area contributed by atoms with Gasteiger partial charge in [0.2, 0.25) is 5.91 Å². The number of aliphatic hydroxyl groups is 2. The smallest absolute Gasteiger partial charge is 0.305 e. The normalized spacial score (nSPS) is 12.7. The third kappa shape index (κ3) is 61.3. The highest BCUT2D eigenvalue weighted by Crippen LogP contribution is 2.18. The largest absolute Gasteiger partial charge is 0.466 e. The third-order valence-corrected chi connectivity index (χ3v) is 15.9. The van der Waals surface area contributed by atoms with Crippen molar-refractivity contribution in [1.29, 1.82) is 0 Å². The second kappa shape index (κ2) is 65.6. The SMILES string of the molecule is CCCC/C=C\C/C=C\CCCCCCCC(=O)OCCCCCCCCCCCCCC/C=C\CCCCCCCCCCCCCC(=O)NC(CO)C(O)CCCCCCCCCCCCCCCCCCCC. The molecule has 0 bridgehead atoms. The van der Waals surface area contributed by atoms with Crippen molar-refractivity contribution in [3.8, 4) is 0 Å². The Bertz CT molecular complexity index is 1230. The van der Waals surface area contributed by atoms with E-state index in [9.17, 15) is 19.8 Å². The topological polar surface area (TPSA) is 95.9 Å². The molecule has 6 heteroatoms. The number of hydrogen-bond acceptors (Lipinski definition) is 5. The Morgan fingerprint density at radius 3 is 1.05 bits per heavy atom. The number of nitrogens with one attached hydrogen (secondary N) is 1. The first kappa shape index (κ1) is 74.1. The first-order valence-electron chi connectivity index (χ1n) is 34.2. The maximum Gasteiger partial charge on any atom is 0.305 e. The number of carbonyl (C=O) groups excluding carboxylic acids is 2. The molecule has 0 heterocycles. The number of rotatable bonds is 64. The molecule has 0 aliphatic carbocycles. The van der Waals surface area contributed by atoms with E-state index in [4.69, 9.17) is 4.74 Å². The minimum Gasteiger partial charge on any atom is -0.466 e. The molecule has 0 saturated carbocycles. The number of aliphatic hydroxyl groups excluding tert-OH is 2. The number of hydrogen-bond donors (Lipinski definition) is 3. The van der Waals surface area contributed by atoms with E-state index in [0.29, 0.717) is 25.9 Å². The molecule has 2 unspecified atom stereocenters. The summed E-state index contributed by atoms with van der Waals surface area (Å²) in [5.41, 5.74) is 0. The van der Waals surface area contributed by atoms with Crippen LogP contribution in [0.2, 0.25) is 0 Å². The lowest BCUT2D eigenvalue weighted by Crippen LogP contribution is -2.45. The van der Waals surface area contributed by atoms with E-state index in [-0.39, 0.29) is 18.5 Å². The Morgan fingerprint density at radius 2 is 0.671 bits per heavy atom. The van der Waals surface area contributed by atoms with Gasteiger partial charge in [-0.15, -0.1) is 0 Å². The van der Waals surface area contributed by atoms with Crippen LogP contribution in [0.15, 0.2) is 36.5 Å². The predicted molar refractivity (Wildman–Crippen MR) is 333 cm³/mol. The van der Waals surface area contributed by atoms with Crippen molar-refractivity contribution >= 4 is 11.9 Å². The molecule has 2 atom stereocenters. The van der Waals surface area contributed by atoms with E-state index >= 15 is 0 Å². The molecule has 0 rings (SSSR count). The molecule has 0 aromatic rings. The maximum atomic E-state index is 12.5. The van der Waals surface area contributed by atoms with Crippen molar-refractivity contribution in [1.82, 2.24) is 5.32 Å². The second-order valence-electron chi connectivity index (χ2n) is 23.5. The van der Waals surface area contributed by atoms with Gasteiger partial charge in [0.05, 0.1) is 25.4 Å². The zero-order valence-corrected chi connectivity index (χ0v) is 51.3. The van der Waals surface area contributed by atoms with Gasteiger partial charge in [-0.25, -0.2) is 0 Å². The monoisotopic (exact) mass is 1070 g/mol. The number of amides is 1. The lowest BCUT2D eigenvalue weighted by molar-refractivity contribution is -0.143. The van der Waals surface area contributed by atoms with Crippen LogP contribution in [0.1, 0.15) is 373 Å². The first-order valence-corrected chi connectivity index (χ1v) is 34.2. The van der Waals surface area contributed by atoms with Crippen molar-refractivity contribution in [3.05, 3.63) is 36.5 Å². The Hall–Kier alpha value is -1.92. The second-order valence-corrected chi connectivity index (χ2v) is 23.5. The summed E-state index contributed by atoms with van der Waals surface area (Å²) in [7, 11) is 0. The van der Waals surface area contributed by atoms with Crippen LogP contribution in [0.5, 0.6) is 0 Å². The van der Waals surface area contributed by atoms with Crippen molar-refractivity contribution in [3.63, 3.8) is 0 Å². The fraction of sp³-hybridized carbons (Fsp3) is 0.886. The molecule has 0 aliphatic rings. The average molecular weight is 1070 g/mol. The number of unbranched alkanes of at least 4 members (excludes halogenated alkanes) is 47. The van der Waals surface area contributed by atoms with Gasteiger partial charge in [0.1, 0.15) is 0 Å². The van der Waals surface area contributed by atoms with Crippen LogP contribution < -0.4 is 5.32 Å². The van der Waals surface area contributed by atoms with Crippen LogP contribution in [0, 0.1) is 0 Å². The molecule has 76 heavy (non-hydrogen) atoms. The molecule has 3 N–H and O–H groups in total. The minimum absolute atomic E-state index is 0.000765. The van der Waals surface area contributed by atoms with Gasteiger partial charge in [-0.3, -0.25) is 9.59 Å². The van der Waals surface area contributed by atoms with Crippen molar-refractivity contribution in [2.75, 3.05) is 13.2 Å². The molecule has 0 radical (unpaired) electrons. The van der Waals surface area contributed by atoms with Gasteiger partial charge in [0.15, 0.2) is 0 Å². The highest BCUT2D eigenvalue weighted by atomic mass is 16.5. The van der Waals surface area contributed by atoms with Gasteiger partial charge in [0.25, 0.3) is 0 Å². The minimum atomic E-state index is -0.666. The molecule has 6 nitrogen and oxygen atoms in total. The van der Waals surface area contributed by atoms with E-state index in [2.05, 4.69) is 55.6 Å². The van der Waals surface area contributed by atoms with E-state index < -0.39 is 12.1 Å². The maximum absolute atomic E-state index is 12.5. The summed E-state index contributed by atoms with van der Waals surface area (Å²) in [6.07, 6.45) is 83.2. The summed E-state index contributed by atoms with van der Waals surface area (Å²) in [6.45, 7) is 4.93. The van der Waals surface area contributed by atoms with Crippen LogP contribution in [0.25, 0.3) is 0 Å². The summed E-state index contributed by atoms with van der Waals surface area (Å²) in [6, 6.07) is -0.543. The Morgan fingerprint density at radius 1 is 0.368 bits per heavy atom. The first-order chi connectivity index (χ1) is 37.5. The summed E-state index contributed by atoms with van der Waals surface area (Å²) in [5.74, 6) is -0.0320. The highest BCUT2D eigenvalue weighted by molar-refractivity contribution is 5.76. The van der Waals surface area contributed by atoms with E-state index in [1.807, 2.05) is 0 Å². The molecule has 0 aromatic carbocycles. The van der Waals surface area contributed by atoms with Crippen LogP contribution >= 0.6 is 0 Å². The van der Waals surface area contributed by atoms with Crippen LogP contribution in [0.4, 0.5) is 0 Å². The Balaban J connectivity index is 3.39. The summed E-state index contributed by atoms with van der Waals surface area (Å²) in [4.78, 5) is 24.6.